The quantitative estimate of drug-likeness (QED) is 0.653. The molecule has 1 saturated carbocycles. The van der Waals surface area contributed by atoms with Gasteiger partial charge in [0.15, 0.2) is 0 Å². The van der Waals surface area contributed by atoms with Crippen molar-refractivity contribution in [1.82, 2.24) is 24.9 Å². The highest BCUT2D eigenvalue weighted by molar-refractivity contribution is 9.10. The highest BCUT2D eigenvalue weighted by Gasteiger charge is 2.30. The SMILES string of the molecule is Cc1nn(CCCNC(=O)Cn2nc(C(F)F)cc2C2CC2)c(C)c1Br. The molecule has 9 heteroatoms. The molecule has 142 valence electrons. The third-order valence-electron chi connectivity index (χ3n) is 4.50. The molecule has 6 nitrogen and oxygen atoms in total. The number of nitrogens with one attached hydrogen (secondary N) is 1. The first-order valence-corrected chi connectivity index (χ1v) is 9.48. The summed E-state index contributed by atoms with van der Waals surface area (Å²) in [4.78, 5) is 12.1. The number of alkyl halides is 2. The average molecular weight is 430 g/mol. The number of aromatic nitrogens is 4. The van der Waals surface area contributed by atoms with Crippen LogP contribution >= 0.6 is 15.9 Å². The molecule has 0 aromatic carbocycles. The lowest BCUT2D eigenvalue weighted by Crippen LogP contribution is -2.30. The summed E-state index contributed by atoms with van der Waals surface area (Å²) >= 11 is 3.49. The topological polar surface area (TPSA) is 64.7 Å². The third kappa shape index (κ3) is 4.31. The van der Waals surface area contributed by atoms with Gasteiger partial charge in [0.05, 0.1) is 10.2 Å². The second-order valence-corrected chi connectivity index (χ2v) is 7.43. The maximum Gasteiger partial charge on any atom is 0.282 e. The Kier molecular flexibility index (Phi) is 5.74. The van der Waals surface area contributed by atoms with Crippen molar-refractivity contribution in [3.8, 4) is 0 Å². The van der Waals surface area contributed by atoms with Gasteiger partial charge in [-0.05, 0) is 55.1 Å². The Bertz CT molecular complexity index is 797. The van der Waals surface area contributed by atoms with Crippen LogP contribution in [0.1, 0.15) is 54.4 Å². The Labute approximate surface area is 159 Å². The number of hydrogen-bond acceptors (Lipinski definition) is 3. The molecule has 1 aliphatic rings. The van der Waals surface area contributed by atoms with Crippen LogP contribution in [0.2, 0.25) is 0 Å². The smallest absolute Gasteiger partial charge is 0.282 e. The highest BCUT2D eigenvalue weighted by atomic mass is 79.9. The van der Waals surface area contributed by atoms with Crippen LogP contribution in [0.4, 0.5) is 8.78 Å². The van der Waals surface area contributed by atoms with Gasteiger partial charge in [-0.15, -0.1) is 0 Å². The Hall–Kier alpha value is -1.77. The molecular formula is C17H22BrF2N5O. The van der Waals surface area contributed by atoms with Crippen LogP contribution in [0.5, 0.6) is 0 Å². The minimum absolute atomic E-state index is 0.0238. The van der Waals surface area contributed by atoms with Crippen molar-refractivity contribution in [2.24, 2.45) is 0 Å². The summed E-state index contributed by atoms with van der Waals surface area (Å²) in [6, 6.07) is 1.43. The summed E-state index contributed by atoms with van der Waals surface area (Å²) in [6.45, 7) is 5.09. The predicted octanol–water partition coefficient (Wildman–Crippen LogP) is 3.48. The molecule has 1 amide bonds. The monoisotopic (exact) mass is 429 g/mol. The van der Waals surface area contributed by atoms with Gasteiger partial charge in [-0.3, -0.25) is 14.2 Å². The minimum Gasteiger partial charge on any atom is -0.354 e. The minimum atomic E-state index is -2.61. The Morgan fingerprint density at radius 3 is 2.65 bits per heavy atom. The highest BCUT2D eigenvalue weighted by Crippen LogP contribution is 2.41. The lowest BCUT2D eigenvalue weighted by Gasteiger charge is -2.09. The molecule has 2 heterocycles. The number of nitrogens with zero attached hydrogens (tertiary/aromatic N) is 4. The summed E-state index contributed by atoms with van der Waals surface area (Å²) in [5, 5.41) is 11.1. The lowest BCUT2D eigenvalue weighted by molar-refractivity contribution is -0.121. The fourth-order valence-electron chi connectivity index (χ4n) is 2.93. The molecule has 1 N–H and O–H groups in total. The van der Waals surface area contributed by atoms with Crippen molar-refractivity contribution in [3.05, 3.63) is 33.3 Å². The van der Waals surface area contributed by atoms with E-state index in [4.69, 9.17) is 0 Å². The van der Waals surface area contributed by atoms with E-state index in [-0.39, 0.29) is 24.1 Å². The molecule has 0 atom stereocenters. The number of carbonyl (C=O) groups is 1. The number of carbonyl (C=O) groups excluding carboxylic acids is 1. The number of rotatable bonds is 8. The summed E-state index contributed by atoms with van der Waals surface area (Å²) in [5.74, 6) is 0.0395. The van der Waals surface area contributed by atoms with E-state index in [0.29, 0.717) is 13.1 Å². The van der Waals surface area contributed by atoms with Gasteiger partial charge in [0.1, 0.15) is 12.2 Å². The molecule has 3 rings (SSSR count). The Balaban J connectivity index is 1.49. The zero-order valence-electron chi connectivity index (χ0n) is 14.8. The van der Waals surface area contributed by atoms with Crippen LogP contribution in [0.3, 0.4) is 0 Å². The van der Waals surface area contributed by atoms with Gasteiger partial charge in [0.25, 0.3) is 6.43 Å². The van der Waals surface area contributed by atoms with E-state index >= 15 is 0 Å². The van der Waals surface area contributed by atoms with Gasteiger partial charge in [0, 0.05) is 30.4 Å². The van der Waals surface area contributed by atoms with Crippen molar-refractivity contribution in [1.29, 1.82) is 0 Å². The molecule has 0 radical (unpaired) electrons. The second-order valence-electron chi connectivity index (χ2n) is 6.64. The first kappa shape index (κ1) is 19.0. The van der Waals surface area contributed by atoms with Crippen molar-refractivity contribution < 1.29 is 13.6 Å². The first-order chi connectivity index (χ1) is 12.4. The molecule has 2 aromatic rings. The zero-order chi connectivity index (χ0) is 18.8. The Morgan fingerprint density at radius 2 is 2.08 bits per heavy atom. The van der Waals surface area contributed by atoms with Crippen LogP contribution in [-0.4, -0.2) is 32.0 Å². The maximum absolute atomic E-state index is 12.9. The van der Waals surface area contributed by atoms with E-state index < -0.39 is 6.43 Å². The largest absolute Gasteiger partial charge is 0.354 e. The van der Waals surface area contributed by atoms with Crippen molar-refractivity contribution in [3.63, 3.8) is 0 Å². The van der Waals surface area contributed by atoms with Crippen LogP contribution in [0, 0.1) is 13.8 Å². The van der Waals surface area contributed by atoms with Crippen LogP contribution in [0.15, 0.2) is 10.5 Å². The van der Waals surface area contributed by atoms with E-state index in [2.05, 4.69) is 31.4 Å². The van der Waals surface area contributed by atoms with Gasteiger partial charge in [-0.25, -0.2) is 8.78 Å². The number of halogens is 3. The molecule has 1 aliphatic carbocycles. The van der Waals surface area contributed by atoms with E-state index in [1.165, 1.54) is 10.7 Å². The number of amides is 1. The van der Waals surface area contributed by atoms with Gasteiger partial charge in [0.2, 0.25) is 5.91 Å². The maximum atomic E-state index is 12.9. The summed E-state index contributed by atoms with van der Waals surface area (Å²) in [7, 11) is 0. The van der Waals surface area contributed by atoms with Gasteiger partial charge in [-0.1, -0.05) is 0 Å². The standard InChI is InChI=1S/C17H22BrF2N5O/c1-10-16(18)11(2)24(22-10)7-3-6-21-15(26)9-25-14(12-4-5-12)8-13(23-25)17(19)20/h8,12,17H,3-7,9H2,1-2H3,(H,21,26). The predicted molar refractivity (Wildman–Crippen MR) is 96.2 cm³/mol. The fourth-order valence-corrected chi connectivity index (χ4v) is 3.22. The van der Waals surface area contributed by atoms with E-state index in [0.717, 1.165) is 40.8 Å². The molecule has 0 saturated heterocycles. The van der Waals surface area contributed by atoms with Crippen LogP contribution < -0.4 is 5.32 Å². The normalized spacial score (nSPS) is 14.2. The second kappa shape index (κ2) is 7.85. The number of aryl methyl sites for hydroxylation is 2. The third-order valence-corrected chi connectivity index (χ3v) is 5.65. The van der Waals surface area contributed by atoms with Crippen molar-refractivity contribution >= 4 is 21.8 Å². The lowest BCUT2D eigenvalue weighted by atomic mass is 10.2. The molecule has 0 spiro atoms. The molecule has 1 fully saturated rings. The van der Waals surface area contributed by atoms with Gasteiger partial charge < -0.3 is 5.32 Å². The zero-order valence-corrected chi connectivity index (χ0v) is 16.4. The molecule has 0 bridgehead atoms. The summed E-state index contributed by atoms with van der Waals surface area (Å²) in [5.41, 5.74) is 2.48. The van der Waals surface area contributed by atoms with E-state index in [1.54, 1.807) is 0 Å². The first-order valence-electron chi connectivity index (χ1n) is 8.68. The average Bonchev–Trinajstić information content (AvgIpc) is 3.31. The molecule has 2 aromatic heterocycles. The van der Waals surface area contributed by atoms with E-state index in [1.807, 2.05) is 18.5 Å². The fraction of sp³-hybridized carbons (Fsp3) is 0.588. The van der Waals surface area contributed by atoms with Crippen LogP contribution in [0.25, 0.3) is 0 Å². The van der Waals surface area contributed by atoms with Crippen molar-refractivity contribution in [2.45, 2.75) is 58.5 Å². The summed E-state index contributed by atoms with van der Waals surface area (Å²) in [6.07, 6.45) is 0.0521. The molecule has 0 unspecified atom stereocenters. The van der Waals surface area contributed by atoms with Crippen molar-refractivity contribution in [2.75, 3.05) is 6.54 Å². The summed E-state index contributed by atoms with van der Waals surface area (Å²) < 4.78 is 30.1. The molecule has 0 aliphatic heterocycles. The van der Waals surface area contributed by atoms with Gasteiger partial charge >= 0.3 is 0 Å². The molecular weight excluding hydrogens is 408 g/mol. The molecule has 26 heavy (non-hydrogen) atoms. The van der Waals surface area contributed by atoms with Gasteiger partial charge in [-0.2, -0.15) is 10.2 Å². The van der Waals surface area contributed by atoms with Crippen LogP contribution in [-0.2, 0) is 17.9 Å². The Morgan fingerprint density at radius 1 is 1.35 bits per heavy atom. The number of hydrogen-bond donors (Lipinski definition) is 1. The van der Waals surface area contributed by atoms with E-state index in [9.17, 15) is 13.6 Å².